The highest BCUT2D eigenvalue weighted by atomic mass is 19.4. The van der Waals surface area contributed by atoms with Gasteiger partial charge in [-0.3, -0.25) is 4.98 Å². The molecule has 0 fully saturated rings. The van der Waals surface area contributed by atoms with Crippen molar-refractivity contribution >= 4 is 22.9 Å². The average molecular weight is 455 g/mol. The molecule has 0 saturated carbocycles. The van der Waals surface area contributed by atoms with E-state index < -0.39 is 25.0 Å². The maximum atomic E-state index is 13.0. The van der Waals surface area contributed by atoms with Gasteiger partial charge < -0.3 is 20.3 Å². The van der Waals surface area contributed by atoms with Crippen molar-refractivity contribution in [1.82, 2.24) is 24.5 Å². The van der Waals surface area contributed by atoms with Crippen molar-refractivity contribution in [2.75, 3.05) is 10.6 Å². The van der Waals surface area contributed by atoms with Crippen LogP contribution in [0.4, 0.5) is 29.3 Å². The molecule has 0 saturated heterocycles. The summed E-state index contributed by atoms with van der Waals surface area (Å²) in [6.45, 7) is 4.98. The molecule has 3 heterocycles. The van der Waals surface area contributed by atoms with Crippen molar-refractivity contribution in [3.63, 3.8) is 0 Å². The van der Waals surface area contributed by atoms with Crippen LogP contribution in [0.1, 0.15) is 44.5 Å². The third-order valence-corrected chi connectivity index (χ3v) is 4.93. The van der Waals surface area contributed by atoms with E-state index in [0.29, 0.717) is 22.7 Å². The van der Waals surface area contributed by atoms with Crippen molar-refractivity contribution in [3.05, 3.63) is 35.9 Å². The fraction of sp³-hybridized carbons (Fsp3) is 0.500. The molecular formula is C20H25F4N7O. The number of hydrogen-bond donors (Lipinski definition) is 3. The molecule has 174 valence electrons. The number of pyridine rings is 1. The number of alkyl halides is 4. The van der Waals surface area contributed by atoms with Gasteiger partial charge in [0.1, 0.15) is 6.67 Å². The number of aromatic nitrogens is 5. The second-order valence-electron chi connectivity index (χ2n) is 7.60. The maximum Gasteiger partial charge on any atom is 0.416 e. The number of anilines is 2. The van der Waals surface area contributed by atoms with Gasteiger partial charge in [-0.15, -0.1) is 0 Å². The summed E-state index contributed by atoms with van der Waals surface area (Å²) in [7, 11) is 0. The van der Waals surface area contributed by atoms with E-state index in [9.17, 15) is 22.7 Å². The van der Waals surface area contributed by atoms with Gasteiger partial charge in [0.15, 0.2) is 23.1 Å². The highest BCUT2D eigenvalue weighted by Gasteiger charge is 2.43. The second kappa shape index (κ2) is 9.63. The predicted molar refractivity (Wildman–Crippen MR) is 112 cm³/mol. The normalized spacial score (nSPS) is 14.0. The molecule has 0 spiro atoms. The zero-order valence-electron chi connectivity index (χ0n) is 17.9. The van der Waals surface area contributed by atoms with Gasteiger partial charge >= 0.3 is 6.18 Å². The fourth-order valence-corrected chi connectivity index (χ4v) is 3.10. The largest absolute Gasteiger partial charge is 0.416 e. The lowest BCUT2D eigenvalue weighted by atomic mass is 10.1. The minimum absolute atomic E-state index is 0.000861. The van der Waals surface area contributed by atoms with Gasteiger partial charge in [0.05, 0.1) is 18.1 Å². The van der Waals surface area contributed by atoms with Crippen LogP contribution in [0.15, 0.2) is 24.7 Å². The molecule has 12 heteroatoms. The van der Waals surface area contributed by atoms with Gasteiger partial charge in [0.25, 0.3) is 0 Å². The highest BCUT2D eigenvalue weighted by molar-refractivity contribution is 5.84. The Labute approximate surface area is 182 Å². The summed E-state index contributed by atoms with van der Waals surface area (Å²) in [4.78, 5) is 17.0. The summed E-state index contributed by atoms with van der Waals surface area (Å²) >= 11 is 0. The lowest BCUT2D eigenvalue weighted by molar-refractivity contribution is -0.208. The molecule has 0 aromatic carbocycles. The molecule has 0 aliphatic carbocycles. The number of nitrogens with one attached hydrogen (secondary N) is 2. The van der Waals surface area contributed by atoms with E-state index in [2.05, 4.69) is 30.6 Å². The van der Waals surface area contributed by atoms with Gasteiger partial charge in [0, 0.05) is 18.8 Å². The van der Waals surface area contributed by atoms with Gasteiger partial charge in [-0.25, -0.2) is 9.37 Å². The zero-order chi connectivity index (χ0) is 23.5. The van der Waals surface area contributed by atoms with E-state index >= 15 is 0 Å². The zero-order valence-corrected chi connectivity index (χ0v) is 17.9. The quantitative estimate of drug-likeness (QED) is 0.419. The van der Waals surface area contributed by atoms with Gasteiger partial charge in [-0.1, -0.05) is 13.0 Å². The number of fused-ring (bicyclic) bond motifs is 1. The van der Waals surface area contributed by atoms with Crippen LogP contribution in [0.5, 0.6) is 0 Å². The van der Waals surface area contributed by atoms with E-state index in [1.54, 1.807) is 23.0 Å². The summed E-state index contributed by atoms with van der Waals surface area (Å²) in [6.07, 6.45) is -4.24. The summed E-state index contributed by atoms with van der Waals surface area (Å²) < 4.78 is 53.5. The number of aliphatic hydroxyl groups excluding tert-OH is 1. The summed E-state index contributed by atoms with van der Waals surface area (Å²) in [5.74, 6) is 0.242. The van der Waals surface area contributed by atoms with Crippen molar-refractivity contribution in [3.8, 4) is 0 Å². The van der Waals surface area contributed by atoms with Crippen LogP contribution in [0.2, 0.25) is 0 Å². The molecule has 3 aromatic heterocycles. The van der Waals surface area contributed by atoms with Crippen LogP contribution in [0.3, 0.4) is 0 Å². The number of halogens is 4. The molecule has 0 amide bonds. The Morgan fingerprint density at radius 3 is 2.47 bits per heavy atom. The third-order valence-electron chi connectivity index (χ3n) is 4.93. The number of rotatable bonds is 9. The van der Waals surface area contributed by atoms with Crippen LogP contribution in [0, 0.1) is 0 Å². The third kappa shape index (κ3) is 5.23. The Hall–Kier alpha value is -3.02. The van der Waals surface area contributed by atoms with E-state index in [0.717, 1.165) is 5.56 Å². The molecule has 3 aromatic rings. The second-order valence-corrected chi connectivity index (χ2v) is 7.60. The Kier molecular flexibility index (Phi) is 7.12. The van der Waals surface area contributed by atoms with Gasteiger partial charge in [-0.2, -0.15) is 23.1 Å². The summed E-state index contributed by atoms with van der Waals surface area (Å²) in [6, 6.07) is 1.95. The van der Waals surface area contributed by atoms with Crippen molar-refractivity contribution in [2.24, 2.45) is 0 Å². The Bertz CT molecular complexity index is 1040. The monoisotopic (exact) mass is 455 g/mol. The molecule has 3 N–H and O–H groups in total. The molecule has 0 radical (unpaired) electrons. The lowest BCUT2D eigenvalue weighted by Crippen LogP contribution is -2.44. The predicted octanol–water partition coefficient (Wildman–Crippen LogP) is 4.00. The minimum atomic E-state index is -4.78. The number of imidazole rings is 1. The average Bonchev–Trinajstić information content (AvgIpc) is 3.19. The standard InChI is InChI=1S/C20H25F4N7O/c1-4-14(16(32)20(22,23)24)28-19-29-17(15-18(30-19)31(10-27-15)11(2)3)26-9-12-5-6-13(7-21)25-8-12/h5-6,8,10-11,14,16,32H,4,7,9H2,1-3H3,(H2,26,28,29,30). The minimum Gasteiger partial charge on any atom is -0.382 e. The Balaban J connectivity index is 1.93. The highest BCUT2D eigenvalue weighted by Crippen LogP contribution is 2.27. The first-order chi connectivity index (χ1) is 15.1. The van der Waals surface area contributed by atoms with Crippen molar-refractivity contribution < 1.29 is 22.7 Å². The molecule has 0 aliphatic heterocycles. The Morgan fingerprint density at radius 2 is 1.91 bits per heavy atom. The van der Waals surface area contributed by atoms with Crippen LogP contribution in [-0.2, 0) is 13.2 Å². The van der Waals surface area contributed by atoms with E-state index in [1.807, 2.05) is 13.8 Å². The van der Waals surface area contributed by atoms with Crippen LogP contribution in [0.25, 0.3) is 11.2 Å². The van der Waals surface area contributed by atoms with Crippen LogP contribution in [-0.4, -0.2) is 47.9 Å². The molecule has 32 heavy (non-hydrogen) atoms. The molecule has 2 unspecified atom stereocenters. The maximum absolute atomic E-state index is 13.0. The molecule has 0 aliphatic rings. The summed E-state index contributed by atoms with van der Waals surface area (Å²) in [5.41, 5.74) is 1.95. The summed E-state index contributed by atoms with van der Waals surface area (Å²) in [5, 5.41) is 15.4. The first-order valence-electron chi connectivity index (χ1n) is 10.1. The first-order valence-corrected chi connectivity index (χ1v) is 10.1. The first kappa shape index (κ1) is 23.6. The van der Waals surface area contributed by atoms with E-state index in [1.165, 1.54) is 13.1 Å². The molecule has 8 nitrogen and oxygen atoms in total. The number of hydrogen-bond acceptors (Lipinski definition) is 7. The van der Waals surface area contributed by atoms with Crippen molar-refractivity contribution in [2.45, 2.75) is 64.8 Å². The molecule has 3 rings (SSSR count). The fourth-order valence-electron chi connectivity index (χ4n) is 3.10. The lowest BCUT2D eigenvalue weighted by Gasteiger charge is -2.25. The van der Waals surface area contributed by atoms with E-state index in [4.69, 9.17) is 0 Å². The molecule has 0 bridgehead atoms. The molecular weight excluding hydrogens is 430 g/mol. The molecule has 2 atom stereocenters. The van der Waals surface area contributed by atoms with E-state index in [-0.39, 0.29) is 25.0 Å². The smallest absolute Gasteiger partial charge is 0.382 e. The van der Waals surface area contributed by atoms with Gasteiger partial charge in [0.2, 0.25) is 5.95 Å². The van der Waals surface area contributed by atoms with Crippen LogP contribution >= 0.6 is 0 Å². The topological polar surface area (TPSA) is 101 Å². The SMILES string of the molecule is CCC(Nc1nc(NCc2ccc(CF)nc2)c2ncn(C(C)C)c2n1)C(O)C(F)(F)F. The number of aliphatic hydroxyl groups is 1. The van der Waals surface area contributed by atoms with Crippen LogP contribution < -0.4 is 10.6 Å². The van der Waals surface area contributed by atoms with Gasteiger partial charge in [-0.05, 0) is 31.9 Å². The number of nitrogens with zero attached hydrogens (tertiary/aromatic N) is 5. The Morgan fingerprint density at radius 1 is 1.16 bits per heavy atom. The van der Waals surface area contributed by atoms with Crippen molar-refractivity contribution in [1.29, 1.82) is 0 Å².